The van der Waals surface area contributed by atoms with Gasteiger partial charge in [-0.1, -0.05) is 0 Å². The van der Waals surface area contributed by atoms with Gasteiger partial charge in [-0.3, -0.25) is 0 Å². The van der Waals surface area contributed by atoms with Crippen LogP contribution in [0.1, 0.15) is 5.56 Å². The fraction of sp³-hybridized carbons (Fsp3) is 0.111. The van der Waals surface area contributed by atoms with Crippen LogP contribution in [0, 0.1) is 0 Å². The molecule has 0 radical (unpaired) electrons. The van der Waals surface area contributed by atoms with Gasteiger partial charge in [0.2, 0.25) is 0 Å². The molecule has 2 rings (SSSR count). The summed E-state index contributed by atoms with van der Waals surface area (Å²) in [5.41, 5.74) is 1.33. The second kappa shape index (κ2) is 4.45. The monoisotopic (exact) mass is 439 g/mol. The third-order valence-corrected chi connectivity index (χ3v) is 3.11. The van der Waals surface area contributed by atoms with Crippen LogP contribution in [0.25, 0.3) is 5.76 Å². The topological polar surface area (TPSA) is 51.1 Å². The number of aliphatic hydroxyl groups excluding tert-OH is 1. The van der Waals surface area contributed by atoms with Crippen LogP contribution in [0.2, 0.25) is 0 Å². The normalized spacial score (nSPS) is 14.1. The Bertz CT molecular complexity index is 447. The standard InChI is InChI=1S/C9H6BrNO3.W/c10-3-7(12)5-1-8-9(2-6(5)11)14-4-13-8;/h1-3,12H,4H2;. The molecule has 0 saturated carbocycles. The maximum atomic E-state index is 9.64. The van der Waals surface area contributed by atoms with E-state index in [0.29, 0.717) is 22.7 Å². The molecule has 1 aliphatic heterocycles. The number of ether oxygens (including phenoxy) is 2. The Hall–Kier alpha value is -0.672. The summed E-state index contributed by atoms with van der Waals surface area (Å²) < 4.78 is 14.6. The Morgan fingerprint density at radius 3 is 2.73 bits per heavy atom. The molecule has 1 aliphatic rings. The number of hydrogen-bond acceptors (Lipinski definition) is 4. The molecule has 78 valence electrons. The van der Waals surface area contributed by atoms with Gasteiger partial charge in [0.15, 0.2) is 0 Å². The van der Waals surface area contributed by atoms with Gasteiger partial charge in [-0.25, -0.2) is 0 Å². The predicted octanol–water partition coefficient (Wildman–Crippen LogP) is 3.03. The number of fused-ring (bicyclic) bond motifs is 1. The Morgan fingerprint density at radius 2 is 2.13 bits per heavy atom. The van der Waals surface area contributed by atoms with E-state index in [0.717, 1.165) is 19.6 Å². The summed E-state index contributed by atoms with van der Waals surface area (Å²) in [6, 6.07) is 3.48. The average Bonchev–Trinajstić information content (AvgIpc) is 2.73. The quantitative estimate of drug-likeness (QED) is 0.721. The maximum absolute atomic E-state index is 9.64. The van der Waals surface area contributed by atoms with Gasteiger partial charge in [0.05, 0.1) is 0 Å². The number of halogens is 1. The number of aliphatic hydroxyl groups is 1. The van der Waals surface area contributed by atoms with Crippen LogP contribution in [-0.2, 0) is 19.6 Å². The molecule has 0 amide bonds. The van der Waals surface area contributed by atoms with E-state index in [4.69, 9.17) is 9.47 Å². The van der Waals surface area contributed by atoms with Crippen LogP contribution in [0.4, 0.5) is 5.69 Å². The Kier molecular flexibility index (Phi) is 3.22. The van der Waals surface area contributed by atoms with Crippen LogP contribution in [0.5, 0.6) is 11.5 Å². The zero-order valence-corrected chi connectivity index (χ0v) is 12.0. The predicted molar refractivity (Wildman–Crippen MR) is 54.2 cm³/mol. The summed E-state index contributed by atoms with van der Waals surface area (Å²) in [5.74, 6) is 1.42. The minimum atomic E-state index is 0.119. The second-order valence-electron chi connectivity index (χ2n) is 2.81. The molecule has 0 bridgehead atoms. The van der Waals surface area contributed by atoms with E-state index in [1.807, 2.05) is 0 Å². The van der Waals surface area contributed by atoms with Crippen LogP contribution >= 0.6 is 15.9 Å². The van der Waals surface area contributed by atoms with Gasteiger partial charge in [-0.05, 0) is 0 Å². The summed E-state index contributed by atoms with van der Waals surface area (Å²) in [7, 11) is 0. The minimum absolute atomic E-state index is 0.119. The van der Waals surface area contributed by atoms with E-state index in [1.54, 1.807) is 12.1 Å². The van der Waals surface area contributed by atoms with Gasteiger partial charge in [-0.2, -0.15) is 0 Å². The first-order valence-electron chi connectivity index (χ1n) is 4.03. The van der Waals surface area contributed by atoms with Crippen LogP contribution in [0.3, 0.4) is 0 Å². The molecule has 0 atom stereocenters. The molecule has 0 aliphatic carbocycles. The first-order chi connectivity index (χ1) is 7.26. The van der Waals surface area contributed by atoms with E-state index in [1.165, 1.54) is 4.99 Å². The Balaban J connectivity index is 2.58. The summed E-state index contributed by atoms with van der Waals surface area (Å²) in [5, 5.41) is 9.64. The van der Waals surface area contributed by atoms with Crippen molar-refractivity contribution in [1.82, 2.24) is 0 Å². The van der Waals surface area contributed by atoms with Gasteiger partial charge in [0, 0.05) is 0 Å². The van der Waals surface area contributed by atoms with Crippen molar-refractivity contribution >= 4 is 27.4 Å². The van der Waals surface area contributed by atoms with Crippen LogP contribution in [-0.4, -0.2) is 11.9 Å². The molecule has 0 saturated heterocycles. The molecular formula is C9H6BrNO3W. The van der Waals surface area contributed by atoms with Crippen LogP contribution in [0.15, 0.2) is 20.6 Å². The fourth-order valence-electron chi connectivity index (χ4n) is 1.27. The molecule has 6 heteroatoms. The molecule has 0 spiro atoms. The van der Waals surface area contributed by atoms with Crippen molar-refractivity contribution in [2.45, 2.75) is 0 Å². The summed E-state index contributed by atoms with van der Waals surface area (Å²) >= 11 is 4.14. The number of hydrogen-bond donors (Lipinski definition) is 1. The SMILES string of the molecule is OC(=CBr)c1cc2c(cc1[N]=[W])OCO2. The van der Waals surface area contributed by atoms with E-state index < -0.39 is 0 Å². The number of nitrogens with zero attached hydrogens (tertiary/aromatic N) is 1. The van der Waals surface area contributed by atoms with E-state index >= 15 is 0 Å². The number of rotatable bonds is 2. The van der Waals surface area contributed by atoms with Crippen molar-refractivity contribution in [2.24, 2.45) is 3.50 Å². The fourth-order valence-corrected chi connectivity index (χ4v) is 2.06. The van der Waals surface area contributed by atoms with Crippen molar-refractivity contribution in [3.63, 3.8) is 0 Å². The Labute approximate surface area is 106 Å². The molecule has 15 heavy (non-hydrogen) atoms. The van der Waals surface area contributed by atoms with Crippen molar-refractivity contribution in [3.8, 4) is 11.5 Å². The summed E-state index contributed by atoms with van der Waals surface area (Å²) in [6.07, 6.45) is 0. The molecule has 1 aromatic rings. The van der Waals surface area contributed by atoms with Gasteiger partial charge in [0.25, 0.3) is 0 Å². The molecular weight excluding hydrogens is 434 g/mol. The van der Waals surface area contributed by atoms with Crippen LogP contribution < -0.4 is 9.47 Å². The molecule has 0 aromatic heterocycles. The average molecular weight is 440 g/mol. The van der Waals surface area contributed by atoms with E-state index in [-0.39, 0.29) is 12.6 Å². The van der Waals surface area contributed by atoms with Crippen molar-refractivity contribution in [2.75, 3.05) is 6.79 Å². The first kappa shape index (κ1) is 10.8. The molecule has 1 heterocycles. The zero-order chi connectivity index (χ0) is 10.8. The third kappa shape index (κ3) is 1.99. The second-order valence-corrected chi connectivity index (χ2v) is 3.92. The van der Waals surface area contributed by atoms with Crippen molar-refractivity contribution < 1.29 is 34.2 Å². The van der Waals surface area contributed by atoms with E-state index in [2.05, 4.69) is 19.4 Å². The Morgan fingerprint density at radius 1 is 1.47 bits per heavy atom. The van der Waals surface area contributed by atoms with E-state index in [9.17, 15) is 5.11 Å². The molecule has 1 N–H and O–H groups in total. The zero-order valence-electron chi connectivity index (χ0n) is 7.44. The van der Waals surface area contributed by atoms with Gasteiger partial charge in [0.1, 0.15) is 0 Å². The summed E-state index contributed by atoms with van der Waals surface area (Å²) in [6.45, 7) is 0.216. The van der Waals surface area contributed by atoms with Crippen molar-refractivity contribution in [1.29, 1.82) is 0 Å². The molecule has 0 unspecified atom stereocenters. The molecule has 1 aromatic carbocycles. The number of benzene rings is 1. The first-order valence-corrected chi connectivity index (χ1v) is 6.25. The molecule has 0 fully saturated rings. The van der Waals surface area contributed by atoms with Gasteiger partial charge < -0.3 is 0 Å². The van der Waals surface area contributed by atoms with Crippen molar-refractivity contribution in [3.05, 3.63) is 22.7 Å². The van der Waals surface area contributed by atoms with Gasteiger partial charge in [-0.15, -0.1) is 0 Å². The third-order valence-electron chi connectivity index (χ3n) is 1.97. The molecule has 4 nitrogen and oxygen atoms in total. The summed E-state index contributed by atoms with van der Waals surface area (Å²) in [4.78, 5) is 1.44. The van der Waals surface area contributed by atoms with Gasteiger partial charge >= 0.3 is 106 Å².